The van der Waals surface area contributed by atoms with Crippen molar-refractivity contribution in [3.63, 3.8) is 0 Å². The minimum Gasteiger partial charge on any atom is -0.325 e. The SMILES string of the molecule is C=CCCn1nccc1CN. The second kappa shape index (κ2) is 3.93. The van der Waals surface area contributed by atoms with E-state index in [4.69, 9.17) is 5.73 Å². The van der Waals surface area contributed by atoms with Gasteiger partial charge in [-0.25, -0.2) is 0 Å². The van der Waals surface area contributed by atoms with Crippen LogP contribution in [0.15, 0.2) is 24.9 Å². The Labute approximate surface area is 66.5 Å². The Hall–Kier alpha value is -1.09. The number of hydrogen-bond acceptors (Lipinski definition) is 2. The van der Waals surface area contributed by atoms with Gasteiger partial charge in [0.1, 0.15) is 0 Å². The number of aryl methyl sites for hydroxylation is 1. The summed E-state index contributed by atoms with van der Waals surface area (Å²) in [4.78, 5) is 0. The van der Waals surface area contributed by atoms with E-state index in [9.17, 15) is 0 Å². The summed E-state index contributed by atoms with van der Waals surface area (Å²) in [5.41, 5.74) is 6.56. The molecule has 1 aromatic rings. The average Bonchev–Trinajstić information content (AvgIpc) is 2.47. The lowest BCUT2D eigenvalue weighted by molar-refractivity contribution is 0.593. The third-order valence-electron chi connectivity index (χ3n) is 1.56. The van der Waals surface area contributed by atoms with Crippen LogP contribution in [0, 0.1) is 0 Å². The molecular weight excluding hydrogens is 138 g/mol. The van der Waals surface area contributed by atoms with Gasteiger partial charge in [-0.3, -0.25) is 4.68 Å². The van der Waals surface area contributed by atoms with Crippen molar-refractivity contribution in [1.29, 1.82) is 0 Å². The first-order chi connectivity index (χ1) is 5.38. The molecule has 1 heterocycles. The fourth-order valence-electron chi connectivity index (χ4n) is 0.948. The van der Waals surface area contributed by atoms with Crippen LogP contribution in [-0.2, 0) is 13.1 Å². The van der Waals surface area contributed by atoms with Gasteiger partial charge in [0.25, 0.3) is 0 Å². The predicted octanol–water partition coefficient (Wildman–Crippen LogP) is 0.918. The Morgan fingerprint density at radius 3 is 3.18 bits per heavy atom. The van der Waals surface area contributed by atoms with Crippen molar-refractivity contribution in [1.82, 2.24) is 9.78 Å². The maximum Gasteiger partial charge on any atom is 0.0520 e. The van der Waals surface area contributed by atoms with Gasteiger partial charge in [0.2, 0.25) is 0 Å². The lowest BCUT2D eigenvalue weighted by Crippen LogP contribution is -2.08. The molecule has 0 aliphatic heterocycles. The van der Waals surface area contributed by atoms with Crippen molar-refractivity contribution in [2.45, 2.75) is 19.5 Å². The monoisotopic (exact) mass is 151 g/mol. The number of nitrogens with zero attached hydrogens (tertiary/aromatic N) is 2. The third-order valence-corrected chi connectivity index (χ3v) is 1.56. The van der Waals surface area contributed by atoms with Crippen molar-refractivity contribution in [2.75, 3.05) is 0 Å². The standard InChI is InChI=1S/C8H13N3/c1-2-3-6-11-8(7-9)4-5-10-11/h2,4-5H,1,3,6-7,9H2. The normalized spacial score (nSPS) is 9.91. The summed E-state index contributed by atoms with van der Waals surface area (Å²) in [7, 11) is 0. The molecule has 3 nitrogen and oxygen atoms in total. The second-order valence-electron chi connectivity index (χ2n) is 2.33. The number of hydrogen-bond donors (Lipinski definition) is 1. The molecule has 0 bridgehead atoms. The van der Waals surface area contributed by atoms with E-state index >= 15 is 0 Å². The van der Waals surface area contributed by atoms with Crippen LogP contribution in [0.5, 0.6) is 0 Å². The van der Waals surface area contributed by atoms with Gasteiger partial charge in [-0.1, -0.05) is 6.08 Å². The van der Waals surface area contributed by atoms with E-state index in [1.165, 1.54) is 0 Å². The summed E-state index contributed by atoms with van der Waals surface area (Å²) >= 11 is 0. The van der Waals surface area contributed by atoms with Crippen molar-refractivity contribution < 1.29 is 0 Å². The molecule has 3 heteroatoms. The van der Waals surface area contributed by atoms with Crippen LogP contribution in [0.4, 0.5) is 0 Å². The zero-order valence-electron chi connectivity index (χ0n) is 6.53. The highest BCUT2D eigenvalue weighted by molar-refractivity contribution is 4.99. The molecule has 0 saturated carbocycles. The van der Waals surface area contributed by atoms with Crippen LogP contribution in [-0.4, -0.2) is 9.78 Å². The molecular formula is C8H13N3. The Kier molecular flexibility index (Phi) is 2.86. The summed E-state index contributed by atoms with van der Waals surface area (Å²) < 4.78 is 1.90. The highest BCUT2D eigenvalue weighted by atomic mass is 15.3. The summed E-state index contributed by atoms with van der Waals surface area (Å²) in [5, 5.41) is 4.11. The third kappa shape index (κ3) is 1.91. The van der Waals surface area contributed by atoms with E-state index in [0.29, 0.717) is 6.54 Å². The fraction of sp³-hybridized carbons (Fsp3) is 0.375. The van der Waals surface area contributed by atoms with Crippen molar-refractivity contribution in [3.8, 4) is 0 Å². The first-order valence-electron chi connectivity index (χ1n) is 3.70. The quantitative estimate of drug-likeness (QED) is 0.650. The van der Waals surface area contributed by atoms with Crippen LogP contribution in [0.2, 0.25) is 0 Å². The minimum atomic E-state index is 0.553. The molecule has 1 rings (SSSR count). The van der Waals surface area contributed by atoms with Crippen LogP contribution in [0.25, 0.3) is 0 Å². The number of nitrogens with two attached hydrogens (primary N) is 1. The molecule has 60 valence electrons. The maximum absolute atomic E-state index is 5.48. The zero-order chi connectivity index (χ0) is 8.10. The minimum absolute atomic E-state index is 0.553. The van der Waals surface area contributed by atoms with E-state index in [1.54, 1.807) is 6.20 Å². The lowest BCUT2D eigenvalue weighted by Gasteiger charge is -2.02. The lowest BCUT2D eigenvalue weighted by atomic mass is 10.4. The van der Waals surface area contributed by atoms with Gasteiger partial charge >= 0.3 is 0 Å². The molecule has 0 aliphatic carbocycles. The van der Waals surface area contributed by atoms with E-state index in [1.807, 2.05) is 16.8 Å². The Morgan fingerprint density at radius 2 is 2.55 bits per heavy atom. The fourth-order valence-corrected chi connectivity index (χ4v) is 0.948. The topological polar surface area (TPSA) is 43.8 Å². The van der Waals surface area contributed by atoms with E-state index < -0.39 is 0 Å². The van der Waals surface area contributed by atoms with Crippen LogP contribution in [0.1, 0.15) is 12.1 Å². The number of aromatic nitrogens is 2. The Morgan fingerprint density at radius 1 is 1.73 bits per heavy atom. The van der Waals surface area contributed by atoms with E-state index in [0.717, 1.165) is 18.7 Å². The Bertz CT molecular complexity index is 227. The molecule has 0 aromatic carbocycles. The maximum atomic E-state index is 5.48. The molecule has 0 atom stereocenters. The average molecular weight is 151 g/mol. The molecule has 1 aromatic heterocycles. The van der Waals surface area contributed by atoms with Gasteiger partial charge in [-0.15, -0.1) is 6.58 Å². The molecule has 0 amide bonds. The molecule has 11 heavy (non-hydrogen) atoms. The molecule has 0 spiro atoms. The Balaban J connectivity index is 2.60. The number of allylic oxidation sites excluding steroid dienone is 1. The van der Waals surface area contributed by atoms with Gasteiger partial charge in [0, 0.05) is 19.3 Å². The number of rotatable bonds is 4. The summed E-state index contributed by atoms with van der Waals surface area (Å²) in [6.07, 6.45) is 4.59. The van der Waals surface area contributed by atoms with Crippen molar-refractivity contribution in [3.05, 3.63) is 30.6 Å². The van der Waals surface area contributed by atoms with Gasteiger partial charge in [0.05, 0.1) is 5.69 Å². The summed E-state index contributed by atoms with van der Waals surface area (Å²) in [5.74, 6) is 0. The largest absolute Gasteiger partial charge is 0.325 e. The zero-order valence-corrected chi connectivity index (χ0v) is 6.53. The predicted molar refractivity (Wildman–Crippen MR) is 44.9 cm³/mol. The van der Waals surface area contributed by atoms with Gasteiger partial charge in [0.15, 0.2) is 0 Å². The van der Waals surface area contributed by atoms with E-state index in [-0.39, 0.29) is 0 Å². The van der Waals surface area contributed by atoms with Crippen LogP contribution >= 0.6 is 0 Å². The smallest absolute Gasteiger partial charge is 0.0520 e. The molecule has 0 unspecified atom stereocenters. The first-order valence-corrected chi connectivity index (χ1v) is 3.70. The van der Waals surface area contributed by atoms with Gasteiger partial charge in [-0.05, 0) is 12.5 Å². The second-order valence-corrected chi connectivity index (χ2v) is 2.33. The summed E-state index contributed by atoms with van der Waals surface area (Å²) in [6.45, 7) is 5.07. The molecule has 0 saturated heterocycles. The molecule has 0 fully saturated rings. The highest BCUT2D eigenvalue weighted by Crippen LogP contribution is 1.98. The first kappa shape index (κ1) is 8.01. The molecule has 0 aliphatic rings. The van der Waals surface area contributed by atoms with E-state index in [2.05, 4.69) is 11.7 Å². The van der Waals surface area contributed by atoms with Gasteiger partial charge < -0.3 is 5.73 Å². The van der Waals surface area contributed by atoms with Gasteiger partial charge in [-0.2, -0.15) is 5.10 Å². The summed E-state index contributed by atoms with van der Waals surface area (Å²) in [6, 6.07) is 1.93. The highest BCUT2D eigenvalue weighted by Gasteiger charge is 1.96. The molecule has 0 radical (unpaired) electrons. The van der Waals surface area contributed by atoms with Crippen LogP contribution < -0.4 is 5.73 Å². The molecule has 2 N–H and O–H groups in total. The van der Waals surface area contributed by atoms with Crippen molar-refractivity contribution >= 4 is 0 Å². The van der Waals surface area contributed by atoms with Crippen LogP contribution in [0.3, 0.4) is 0 Å². The van der Waals surface area contributed by atoms with Crippen molar-refractivity contribution in [2.24, 2.45) is 5.73 Å².